The zero-order valence-electron chi connectivity index (χ0n) is 11.7. The molecule has 110 valence electrons. The van der Waals surface area contributed by atoms with Crippen molar-refractivity contribution in [2.24, 2.45) is 0 Å². The fraction of sp³-hybridized carbons (Fsp3) is 0.0625. The van der Waals surface area contributed by atoms with Crippen LogP contribution in [0, 0.1) is 0 Å². The first-order valence-corrected chi connectivity index (χ1v) is 6.49. The Morgan fingerprint density at radius 2 is 1.91 bits per heavy atom. The number of aromatic nitrogens is 2. The second-order valence-corrected chi connectivity index (χ2v) is 4.54. The van der Waals surface area contributed by atoms with Crippen molar-refractivity contribution in [2.45, 2.75) is 0 Å². The highest BCUT2D eigenvalue weighted by Crippen LogP contribution is 2.24. The van der Waals surface area contributed by atoms with Crippen molar-refractivity contribution >= 4 is 5.97 Å². The van der Waals surface area contributed by atoms with E-state index in [2.05, 4.69) is 10.1 Å². The molecule has 6 heteroatoms. The van der Waals surface area contributed by atoms with E-state index in [-0.39, 0.29) is 5.56 Å². The second kappa shape index (κ2) is 5.69. The van der Waals surface area contributed by atoms with Crippen LogP contribution >= 0.6 is 0 Å². The third-order valence-corrected chi connectivity index (χ3v) is 3.13. The minimum Gasteiger partial charge on any atom is -0.497 e. The maximum atomic E-state index is 11.0. The number of carbonyl (C=O) groups is 1. The summed E-state index contributed by atoms with van der Waals surface area (Å²) in [5, 5.41) is 12.9. The summed E-state index contributed by atoms with van der Waals surface area (Å²) >= 11 is 0. The molecule has 0 bridgehead atoms. The molecule has 3 rings (SSSR count). The van der Waals surface area contributed by atoms with Gasteiger partial charge in [0, 0.05) is 11.1 Å². The average Bonchev–Trinajstić information content (AvgIpc) is 3.05. The van der Waals surface area contributed by atoms with Gasteiger partial charge in [-0.1, -0.05) is 17.3 Å². The second-order valence-electron chi connectivity index (χ2n) is 4.54. The summed E-state index contributed by atoms with van der Waals surface area (Å²) < 4.78 is 10.3. The molecule has 6 nitrogen and oxygen atoms in total. The molecule has 1 heterocycles. The molecular weight excluding hydrogens is 284 g/mol. The Morgan fingerprint density at radius 3 is 2.59 bits per heavy atom. The van der Waals surface area contributed by atoms with Crippen LogP contribution in [0.25, 0.3) is 22.8 Å². The molecule has 0 aliphatic carbocycles. The van der Waals surface area contributed by atoms with Crippen molar-refractivity contribution in [2.75, 3.05) is 7.11 Å². The lowest BCUT2D eigenvalue weighted by Gasteiger charge is -1.99. The largest absolute Gasteiger partial charge is 0.497 e. The predicted molar refractivity (Wildman–Crippen MR) is 78.7 cm³/mol. The first-order chi connectivity index (χ1) is 10.7. The summed E-state index contributed by atoms with van der Waals surface area (Å²) in [4.78, 5) is 15.3. The van der Waals surface area contributed by atoms with Crippen LogP contribution in [0.5, 0.6) is 5.75 Å². The number of nitrogens with zero attached hydrogens (tertiary/aromatic N) is 2. The fourth-order valence-electron chi connectivity index (χ4n) is 1.98. The maximum Gasteiger partial charge on any atom is 0.335 e. The van der Waals surface area contributed by atoms with Gasteiger partial charge in [0.05, 0.1) is 12.7 Å². The van der Waals surface area contributed by atoms with E-state index in [9.17, 15) is 4.79 Å². The molecule has 22 heavy (non-hydrogen) atoms. The Kier molecular flexibility index (Phi) is 3.57. The lowest BCUT2D eigenvalue weighted by atomic mass is 10.1. The summed E-state index contributed by atoms with van der Waals surface area (Å²) in [6.07, 6.45) is 0. The molecule has 1 N–H and O–H groups in total. The Balaban J connectivity index is 1.93. The van der Waals surface area contributed by atoms with E-state index in [1.165, 1.54) is 12.1 Å². The standard InChI is InChI=1S/C16H12N2O4/c1-21-13-7-5-10(6-8-13)15-17-14(18-22-15)11-3-2-4-12(9-11)16(19)20/h2-9H,1H3,(H,19,20). The number of benzene rings is 2. The highest BCUT2D eigenvalue weighted by molar-refractivity contribution is 5.89. The van der Waals surface area contributed by atoms with E-state index in [4.69, 9.17) is 14.4 Å². The molecule has 2 aromatic carbocycles. The summed E-state index contributed by atoms with van der Waals surface area (Å²) in [5.74, 6) is 0.436. The monoisotopic (exact) mass is 296 g/mol. The summed E-state index contributed by atoms with van der Waals surface area (Å²) in [5.41, 5.74) is 1.52. The van der Waals surface area contributed by atoms with Gasteiger partial charge in [0.1, 0.15) is 5.75 Å². The van der Waals surface area contributed by atoms with Gasteiger partial charge in [-0.25, -0.2) is 4.79 Å². The molecule has 0 spiro atoms. The van der Waals surface area contributed by atoms with Gasteiger partial charge in [0.25, 0.3) is 5.89 Å². The lowest BCUT2D eigenvalue weighted by molar-refractivity contribution is 0.0697. The molecule has 0 fully saturated rings. The number of hydrogen-bond acceptors (Lipinski definition) is 5. The molecule has 0 aliphatic rings. The quantitative estimate of drug-likeness (QED) is 0.796. The van der Waals surface area contributed by atoms with Crippen LogP contribution in [0.2, 0.25) is 0 Å². The Morgan fingerprint density at radius 1 is 1.14 bits per heavy atom. The van der Waals surface area contributed by atoms with Gasteiger partial charge in [-0.15, -0.1) is 0 Å². The van der Waals surface area contributed by atoms with Crippen molar-refractivity contribution in [3.8, 4) is 28.6 Å². The summed E-state index contributed by atoms with van der Waals surface area (Å²) in [6.45, 7) is 0. The number of methoxy groups -OCH3 is 1. The van der Waals surface area contributed by atoms with Crippen molar-refractivity contribution < 1.29 is 19.2 Å². The SMILES string of the molecule is COc1ccc(-c2nc(-c3cccc(C(=O)O)c3)no2)cc1. The lowest BCUT2D eigenvalue weighted by Crippen LogP contribution is -1.96. The van der Waals surface area contributed by atoms with Gasteiger partial charge in [-0.05, 0) is 36.4 Å². The predicted octanol–water partition coefficient (Wildman–Crippen LogP) is 3.11. The molecule has 0 aliphatic heterocycles. The van der Waals surface area contributed by atoms with Crippen molar-refractivity contribution in [1.82, 2.24) is 10.1 Å². The molecule has 0 amide bonds. The Bertz CT molecular complexity index is 809. The number of hydrogen-bond donors (Lipinski definition) is 1. The van der Waals surface area contributed by atoms with Crippen LogP contribution in [0.1, 0.15) is 10.4 Å². The van der Waals surface area contributed by atoms with E-state index in [0.717, 1.165) is 11.3 Å². The minimum absolute atomic E-state index is 0.174. The van der Waals surface area contributed by atoms with Crippen LogP contribution in [-0.4, -0.2) is 28.3 Å². The van der Waals surface area contributed by atoms with Gasteiger partial charge in [-0.2, -0.15) is 4.98 Å². The van der Waals surface area contributed by atoms with Gasteiger partial charge < -0.3 is 14.4 Å². The Hall–Kier alpha value is -3.15. The zero-order valence-corrected chi connectivity index (χ0v) is 11.7. The van der Waals surface area contributed by atoms with E-state index in [1.54, 1.807) is 31.4 Å². The van der Waals surface area contributed by atoms with Crippen LogP contribution in [0.3, 0.4) is 0 Å². The molecule has 0 unspecified atom stereocenters. The first-order valence-electron chi connectivity index (χ1n) is 6.49. The third kappa shape index (κ3) is 2.67. The van der Waals surface area contributed by atoms with Gasteiger partial charge >= 0.3 is 5.97 Å². The van der Waals surface area contributed by atoms with Crippen LogP contribution < -0.4 is 4.74 Å². The number of carboxylic acids is 1. The van der Waals surface area contributed by atoms with Crippen molar-refractivity contribution in [1.29, 1.82) is 0 Å². The van der Waals surface area contributed by atoms with E-state index < -0.39 is 5.97 Å². The average molecular weight is 296 g/mol. The van der Waals surface area contributed by atoms with Crippen molar-refractivity contribution in [3.63, 3.8) is 0 Å². The normalized spacial score (nSPS) is 10.4. The topological polar surface area (TPSA) is 85.5 Å². The third-order valence-electron chi connectivity index (χ3n) is 3.13. The molecule has 1 aromatic heterocycles. The summed E-state index contributed by atoms with van der Waals surface area (Å²) in [6, 6.07) is 13.6. The van der Waals surface area contributed by atoms with Gasteiger partial charge in [0.2, 0.25) is 5.82 Å². The molecule has 3 aromatic rings. The number of carboxylic acid groups (broad SMARTS) is 1. The molecule has 0 atom stereocenters. The highest BCUT2D eigenvalue weighted by Gasteiger charge is 2.12. The summed E-state index contributed by atoms with van der Waals surface area (Å²) in [7, 11) is 1.59. The van der Waals surface area contributed by atoms with Gasteiger partial charge in [-0.3, -0.25) is 0 Å². The van der Waals surface area contributed by atoms with Crippen LogP contribution in [0.15, 0.2) is 53.1 Å². The molecule has 0 radical (unpaired) electrons. The number of ether oxygens (including phenoxy) is 1. The molecule has 0 saturated heterocycles. The minimum atomic E-state index is -0.999. The van der Waals surface area contributed by atoms with Crippen molar-refractivity contribution in [3.05, 3.63) is 54.1 Å². The van der Waals surface area contributed by atoms with Gasteiger partial charge in [0.15, 0.2) is 0 Å². The number of rotatable bonds is 4. The Labute approximate surface area is 126 Å². The number of aromatic carboxylic acids is 1. The fourth-order valence-corrected chi connectivity index (χ4v) is 1.98. The zero-order chi connectivity index (χ0) is 15.5. The van der Waals surface area contributed by atoms with Crippen LogP contribution in [0.4, 0.5) is 0 Å². The van der Waals surface area contributed by atoms with E-state index in [0.29, 0.717) is 17.3 Å². The highest BCUT2D eigenvalue weighted by atomic mass is 16.5. The van der Waals surface area contributed by atoms with E-state index >= 15 is 0 Å². The van der Waals surface area contributed by atoms with Crippen LogP contribution in [-0.2, 0) is 0 Å². The molecule has 0 saturated carbocycles. The first kappa shape index (κ1) is 13.8. The van der Waals surface area contributed by atoms with E-state index in [1.807, 2.05) is 12.1 Å². The maximum absolute atomic E-state index is 11.0. The smallest absolute Gasteiger partial charge is 0.335 e. The molecular formula is C16H12N2O4.